The lowest BCUT2D eigenvalue weighted by Crippen LogP contribution is -2.20. The van der Waals surface area contributed by atoms with Gasteiger partial charge in [-0.25, -0.2) is 0 Å². The lowest BCUT2D eigenvalue weighted by atomic mass is 10.1. The van der Waals surface area contributed by atoms with Crippen LogP contribution in [-0.2, 0) is 9.47 Å². The molecule has 66 valence electrons. The van der Waals surface area contributed by atoms with E-state index in [1.165, 1.54) is 0 Å². The van der Waals surface area contributed by atoms with E-state index in [1.54, 1.807) is 0 Å². The van der Waals surface area contributed by atoms with Crippen molar-refractivity contribution >= 4 is 0 Å². The molecule has 2 atom stereocenters. The molecular formula is C9H18O2. The highest BCUT2D eigenvalue weighted by Gasteiger charge is 2.29. The average molecular weight is 158 g/mol. The zero-order chi connectivity index (χ0) is 8.43. The Morgan fingerprint density at radius 3 is 2.00 bits per heavy atom. The fourth-order valence-corrected chi connectivity index (χ4v) is 1.14. The van der Waals surface area contributed by atoms with Gasteiger partial charge in [-0.2, -0.15) is 0 Å². The van der Waals surface area contributed by atoms with Crippen molar-refractivity contribution < 1.29 is 9.47 Å². The van der Waals surface area contributed by atoms with E-state index in [4.69, 9.17) is 9.47 Å². The minimum Gasteiger partial charge on any atom is -0.350 e. The normalized spacial score (nSPS) is 32.2. The highest BCUT2D eigenvalue weighted by atomic mass is 16.7. The summed E-state index contributed by atoms with van der Waals surface area (Å²) in [5, 5.41) is 0. The topological polar surface area (TPSA) is 18.5 Å². The Bertz CT molecular complexity index is 107. The van der Waals surface area contributed by atoms with Gasteiger partial charge in [0.1, 0.15) is 0 Å². The molecule has 0 saturated carbocycles. The predicted molar refractivity (Wildman–Crippen MR) is 44.3 cm³/mol. The Balaban J connectivity index is 2.35. The molecule has 1 aliphatic rings. The Labute approximate surface area is 68.9 Å². The fraction of sp³-hybridized carbons (Fsp3) is 1.00. The SMILES string of the molecule is CC(C)C1COC(C(C)C)O1. The third-order valence-corrected chi connectivity index (χ3v) is 2.02. The van der Waals surface area contributed by atoms with Crippen molar-refractivity contribution in [2.45, 2.75) is 40.1 Å². The van der Waals surface area contributed by atoms with Crippen LogP contribution in [0.3, 0.4) is 0 Å². The smallest absolute Gasteiger partial charge is 0.160 e. The minimum atomic E-state index is 0.0300. The molecule has 1 saturated heterocycles. The molecule has 1 aliphatic heterocycles. The van der Waals surface area contributed by atoms with E-state index in [9.17, 15) is 0 Å². The van der Waals surface area contributed by atoms with E-state index in [0.29, 0.717) is 17.9 Å². The first-order chi connectivity index (χ1) is 5.11. The highest BCUT2D eigenvalue weighted by Crippen LogP contribution is 2.22. The zero-order valence-corrected chi connectivity index (χ0v) is 7.83. The van der Waals surface area contributed by atoms with Crippen molar-refractivity contribution in [2.75, 3.05) is 6.61 Å². The van der Waals surface area contributed by atoms with Gasteiger partial charge < -0.3 is 9.47 Å². The van der Waals surface area contributed by atoms with Crippen LogP contribution in [0.25, 0.3) is 0 Å². The summed E-state index contributed by atoms with van der Waals surface area (Å²) in [5.41, 5.74) is 0. The Morgan fingerprint density at radius 1 is 1.09 bits per heavy atom. The van der Waals surface area contributed by atoms with E-state index in [1.807, 2.05) is 0 Å². The second kappa shape index (κ2) is 3.55. The first-order valence-electron chi connectivity index (χ1n) is 4.38. The van der Waals surface area contributed by atoms with Crippen molar-refractivity contribution in [1.29, 1.82) is 0 Å². The maximum atomic E-state index is 5.66. The van der Waals surface area contributed by atoms with E-state index in [-0.39, 0.29) is 6.29 Å². The summed E-state index contributed by atoms with van der Waals surface area (Å²) in [4.78, 5) is 0. The van der Waals surface area contributed by atoms with Crippen LogP contribution >= 0.6 is 0 Å². The van der Waals surface area contributed by atoms with Gasteiger partial charge in [0.05, 0.1) is 12.7 Å². The minimum absolute atomic E-state index is 0.0300. The van der Waals surface area contributed by atoms with Gasteiger partial charge in [-0.05, 0) is 5.92 Å². The van der Waals surface area contributed by atoms with Crippen molar-refractivity contribution in [3.63, 3.8) is 0 Å². The standard InChI is InChI=1S/C9H18O2/c1-6(2)8-5-10-9(11-8)7(3)4/h6-9H,5H2,1-4H3. The molecule has 0 amide bonds. The van der Waals surface area contributed by atoms with Crippen LogP contribution in [0.1, 0.15) is 27.7 Å². The highest BCUT2D eigenvalue weighted by molar-refractivity contribution is 4.69. The zero-order valence-electron chi connectivity index (χ0n) is 7.83. The molecule has 0 aromatic carbocycles. The maximum Gasteiger partial charge on any atom is 0.160 e. The number of hydrogen-bond donors (Lipinski definition) is 0. The molecule has 0 N–H and O–H groups in total. The van der Waals surface area contributed by atoms with Gasteiger partial charge in [0.25, 0.3) is 0 Å². The number of hydrogen-bond acceptors (Lipinski definition) is 2. The summed E-state index contributed by atoms with van der Waals surface area (Å²) < 4.78 is 11.1. The van der Waals surface area contributed by atoms with E-state index in [0.717, 1.165) is 6.61 Å². The lowest BCUT2D eigenvalue weighted by Gasteiger charge is -2.16. The fourth-order valence-electron chi connectivity index (χ4n) is 1.14. The molecule has 11 heavy (non-hydrogen) atoms. The van der Waals surface area contributed by atoms with Crippen LogP contribution in [0.4, 0.5) is 0 Å². The predicted octanol–water partition coefficient (Wildman–Crippen LogP) is 2.04. The van der Waals surface area contributed by atoms with Crippen LogP contribution < -0.4 is 0 Å². The van der Waals surface area contributed by atoms with Crippen LogP contribution in [-0.4, -0.2) is 19.0 Å². The van der Waals surface area contributed by atoms with Crippen LogP contribution in [0.2, 0.25) is 0 Å². The van der Waals surface area contributed by atoms with Crippen molar-refractivity contribution in [3.8, 4) is 0 Å². The van der Waals surface area contributed by atoms with Crippen molar-refractivity contribution in [1.82, 2.24) is 0 Å². The van der Waals surface area contributed by atoms with Gasteiger partial charge in [0, 0.05) is 5.92 Å². The van der Waals surface area contributed by atoms with Crippen molar-refractivity contribution in [2.24, 2.45) is 11.8 Å². The largest absolute Gasteiger partial charge is 0.350 e. The maximum absolute atomic E-state index is 5.66. The molecule has 2 unspecified atom stereocenters. The summed E-state index contributed by atoms with van der Waals surface area (Å²) in [6.45, 7) is 9.33. The monoisotopic (exact) mass is 158 g/mol. The second-order valence-electron chi connectivity index (χ2n) is 3.86. The van der Waals surface area contributed by atoms with E-state index in [2.05, 4.69) is 27.7 Å². The summed E-state index contributed by atoms with van der Waals surface area (Å²) in [6, 6.07) is 0. The molecule has 0 aromatic rings. The Kier molecular flexibility index (Phi) is 2.90. The van der Waals surface area contributed by atoms with Crippen molar-refractivity contribution in [3.05, 3.63) is 0 Å². The molecule has 2 heteroatoms. The first kappa shape index (κ1) is 9.01. The van der Waals surface area contributed by atoms with Gasteiger partial charge in [-0.3, -0.25) is 0 Å². The molecule has 0 bridgehead atoms. The van der Waals surface area contributed by atoms with Gasteiger partial charge in [0.15, 0.2) is 6.29 Å². The van der Waals surface area contributed by atoms with E-state index < -0.39 is 0 Å². The third kappa shape index (κ3) is 2.17. The molecule has 0 spiro atoms. The third-order valence-electron chi connectivity index (χ3n) is 2.02. The summed E-state index contributed by atoms with van der Waals surface area (Å²) in [6.07, 6.45) is 0.338. The van der Waals surface area contributed by atoms with Crippen LogP contribution in [0.5, 0.6) is 0 Å². The quantitative estimate of drug-likeness (QED) is 0.612. The first-order valence-corrected chi connectivity index (χ1v) is 4.38. The molecular weight excluding hydrogens is 140 g/mol. The Morgan fingerprint density at radius 2 is 1.73 bits per heavy atom. The lowest BCUT2D eigenvalue weighted by molar-refractivity contribution is -0.0927. The van der Waals surface area contributed by atoms with E-state index >= 15 is 0 Å². The average Bonchev–Trinajstić information content (AvgIpc) is 2.33. The van der Waals surface area contributed by atoms with Gasteiger partial charge in [0.2, 0.25) is 0 Å². The van der Waals surface area contributed by atoms with Gasteiger partial charge >= 0.3 is 0 Å². The summed E-state index contributed by atoms with van der Waals surface area (Å²) in [5.74, 6) is 1.04. The molecule has 0 aliphatic carbocycles. The molecule has 1 rings (SSSR count). The molecule has 0 radical (unpaired) electrons. The van der Waals surface area contributed by atoms with Gasteiger partial charge in [-0.15, -0.1) is 0 Å². The summed E-state index contributed by atoms with van der Waals surface area (Å²) in [7, 11) is 0. The molecule has 0 aromatic heterocycles. The summed E-state index contributed by atoms with van der Waals surface area (Å²) >= 11 is 0. The molecule has 1 heterocycles. The van der Waals surface area contributed by atoms with Crippen LogP contribution in [0, 0.1) is 11.8 Å². The number of ether oxygens (including phenoxy) is 2. The molecule has 2 nitrogen and oxygen atoms in total. The van der Waals surface area contributed by atoms with Gasteiger partial charge in [-0.1, -0.05) is 27.7 Å². The van der Waals surface area contributed by atoms with Crippen LogP contribution in [0.15, 0.2) is 0 Å². The number of rotatable bonds is 2. The second-order valence-corrected chi connectivity index (χ2v) is 3.86. The Hall–Kier alpha value is -0.0800. The molecule has 1 fully saturated rings.